The number of hydrogen-bond donors (Lipinski definition) is 1. The van der Waals surface area contributed by atoms with Crippen molar-refractivity contribution in [3.63, 3.8) is 0 Å². The van der Waals surface area contributed by atoms with Gasteiger partial charge >= 0.3 is 5.69 Å². The van der Waals surface area contributed by atoms with Crippen LogP contribution in [0.2, 0.25) is 0 Å². The van der Waals surface area contributed by atoms with Crippen molar-refractivity contribution < 1.29 is 14.6 Å². The molecular weight excluding hydrogens is 376 g/mol. The molecule has 146 valence electrons. The Hall–Kier alpha value is -4.27. The topological polar surface area (TPSA) is 120 Å². The van der Waals surface area contributed by atoms with Crippen LogP contribution in [0, 0.1) is 20.2 Å². The third-order valence-corrected chi connectivity index (χ3v) is 3.92. The highest BCUT2D eigenvalue weighted by Crippen LogP contribution is 2.28. The Bertz CT molecular complexity index is 1040. The highest BCUT2D eigenvalue weighted by Gasteiger charge is 2.19. The summed E-state index contributed by atoms with van der Waals surface area (Å²) in [5.41, 5.74) is 3.61. The van der Waals surface area contributed by atoms with Crippen LogP contribution in [0.25, 0.3) is 0 Å². The van der Waals surface area contributed by atoms with Crippen LogP contribution in [0.3, 0.4) is 0 Å². The van der Waals surface area contributed by atoms with E-state index in [1.165, 1.54) is 18.3 Å². The van der Waals surface area contributed by atoms with E-state index in [0.29, 0.717) is 12.4 Å². The molecule has 0 bridgehead atoms. The first-order valence-corrected chi connectivity index (χ1v) is 8.51. The van der Waals surface area contributed by atoms with Crippen LogP contribution in [0.15, 0.2) is 77.9 Å². The van der Waals surface area contributed by atoms with E-state index in [2.05, 4.69) is 10.5 Å². The second-order valence-electron chi connectivity index (χ2n) is 5.93. The lowest BCUT2D eigenvalue weighted by Gasteiger charge is -2.06. The number of non-ortho nitro benzene ring substituents is 1. The highest BCUT2D eigenvalue weighted by molar-refractivity contribution is 5.80. The van der Waals surface area contributed by atoms with Gasteiger partial charge in [0.2, 0.25) is 0 Å². The Labute approximate surface area is 165 Å². The molecular formula is C20H16N4O5. The van der Waals surface area contributed by atoms with Gasteiger partial charge in [0, 0.05) is 6.07 Å². The van der Waals surface area contributed by atoms with Crippen LogP contribution >= 0.6 is 0 Å². The molecule has 0 saturated carbocycles. The maximum absolute atomic E-state index is 11.1. The molecule has 0 spiro atoms. The van der Waals surface area contributed by atoms with Crippen LogP contribution in [-0.4, -0.2) is 16.1 Å². The summed E-state index contributed by atoms with van der Waals surface area (Å²) < 4.78 is 5.70. The fourth-order valence-electron chi connectivity index (χ4n) is 2.45. The van der Waals surface area contributed by atoms with Gasteiger partial charge in [-0.25, -0.2) is 0 Å². The molecule has 0 aliphatic heterocycles. The zero-order valence-electron chi connectivity index (χ0n) is 15.1. The summed E-state index contributed by atoms with van der Waals surface area (Å²) >= 11 is 0. The molecule has 0 aliphatic carbocycles. The van der Waals surface area contributed by atoms with Crippen LogP contribution in [0.4, 0.5) is 17.1 Å². The normalized spacial score (nSPS) is 10.6. The van der Waals surface area contributed by atoms with E-state index in [1.54, 1.807) is 24.3 Å². The van der Waals surface area contributed by atoms with Gasteiger partial charge in [-0.15, -0.1) is 0 Å². The van der Waals surface area contributed by atoms with E-state index in [4.69, 9.17) is 4.74 Å². The van der Waals surface area contributed by atoms with Gasteiger partial charge in [0.1, 0.15) is 18.0 Å². The van der Waals surface area contributed by atoms with Gasteiger partial charge in [-0.3, -0.25) is 25.7 Å². The van der Waals surface area contributed by atoms with Crippen LogP contribution in [0.1, 0.15) is 11.1 Å². The quantitative estimate of drug-likeness (QED) is 0.342. The van der Waals surface area contributed by atoms with Gasteiger partial charge in [-0.2, -0.15) is 5.10 Å². The van der Waals surface area contributed by atoms with Crippen molar-refractivity contribution in [3.05, 3.63) is 104 Å². The lowest BCUT2D eigenvalue weighted by Crippen LogP contribution is -1.99. The third-order valence-electron chi connectivity index (χ3n) is 3.92. The minimum absolute atomic E-state index is 0.0552. The lowest BCUT2D eigenvalue weighted by molar-refractivity contribution is -0.393. The molecule has 3 aromatic rings. The minimum Gasteiger partial charge on any atom is -0.489 e. The number of hydrazone groups is 1. The van der Waals surface area contributed by atoms with E-state index in [9.17, 15) is 20.2 Å². The van der Waals surface area contributed by atoms with Crippen molar-refractivity contribution in [2.45, 2.75) is 6.61 Å². The molecule has 9 heteroatoms. The number of anilines is 1. The first kappa shape index (κ1) is 19.5. The van der Waals surface area contributed by atoms with E-state index in [0.717, 1.165) is 17.2 Å². The maximum Gasteiger partial charge on any atom is 0.301 e. The Morgan fingerprint density at radius 1 is 0.931 bits per heavy atom. The van der Waals surface area contributed by atoms with E-state index >= 15 is 0 Å². The molecule has 3 aromatic carbocycles. The molecule has 0 aliphatic rings. The summed E-state index contributed by atoms with van der Waals surface area (Å²) in [6.07, 6.45) is 1.48. The zero-order chi connectivity index (χ0) is 20.6. The Kier molecular flexibility index (Phi) is 6.11. The van der Waals surface area contributed by atoms with Crippen molar-refractivity contribution in [2.24, 2.45) is 5.10 Å². The molecule has 1 N–H and O–H groups in total. The predicted octanol–water partition coefficient (Wildman–Crippen LogP) is 4.53. The largest absolute Gasteiger partial charge is 0.489 e. The van der Waals surface area contributed by atoms with Crippen LogP contribution in [-0.2, 0) is 6.61 Å². The molecule has 0 aromatic heterocycles. The molecule has 0 unspecified atom stereocenters. The van der Waals surface area contributed by atoms with Crippen molar-refractivity contribution >= 4 is 23.3 Å². The average molecular weight is 392 g/mol. The number of nitrogens with zero attached hydrogens (tertiary/aromatic N) is 3. The summed E-state index contributed by atoms with van der Waals surface area (Å²) in [6, 6.07) is 20.2. The Morgan fingerprint density at radius 3 is 2.31 bits per heavy atom. The summed E-state index contributed by atoms with van der Waals surface area (Å²) in [7, 11) is 0. The van der Waals surface area contributed by atoms with Gasteiger partial charge in [-0.05, 0) is 41.5 Å². The third kappa shape index (κ3) is 5.36. The smallest absolute Gasteiger partial charge is 0.301 e. The number of ether oxygens (including phenoxy) is 1. The first-order chi connectivity index (χ1) is 14.0. The van der Waals surface area contributed by atoms with Gasteiger partial charge in [-0.1, -0.05) is 30.3 Å². The molecule has 0 saturated heterocycles. The van der Waals surface area contributed by atoms with Crippen molar-refractivity contribution in [2.75, 3.05) is 5.43 Å². The van der Waals surface area contributed by atoms with Gasteiger partial charge in [0.05, 0.1) is 22.1 Å². The average Bonchev–Trinajstić information content (AvgIpc) is 2.74. The summed E-state index contributed by atoms with van der Waals surface area (Å²) in [6.45, 7) is 0.458. The van der Waals surface area contributed by atoms with Crippen molar-refractivity contribution in [1.29, 1.82) is 0 Å². The monoisotopic (exact) mass is 392 g/mol. The van der Waals surface area contributed by atoms with Gasteiger partial charge in [0.25, 0.3) is 5.69 Å². The summed E-state index contributed by atoms with van der Waals surface area (Å²) in [5.74, 6) is 0.699. The summed E-state index contributed by atoms with van der Waals surface area (Å²) in [4.78, 5) is 20.5. The Balaban J connectivity index is 1.62. The fourth-order valence-corrected chi connectivity index (χ4v) is 2.45. The molecule has 29 heavy (non-hydrogen) atoms. The Morgan fingerprint density at radius 2 is 1.66 bits per heavy atom. The van der Waals surface area contributed by atoms with E-state index in [-0.39, 0.29) is 11.4 Å². The standard InChI is InChI=1S/C20H16N4O5/c25-23(26)17-8-11-19(20(12-17)24(27)28)22-21-13-15-6-9-18(10-7-15)29-14-16-4-2-1-3-5-16/h1-13,22H,14H2. The number of nitro benzene ring substituents is 2. The van der Waals surface area contributed by atoms with Crippen LogP contribution in [0.5, 0.6) is 5.75 Å². The number of hydrogen-bond acceptors (Lipinski definition) is 7. The van der Waals surface area contributed by atoms with Gasteiger partial charge < -0.3 is 4.74 Å². The maximum atomic E-state index is 11.1. The highest BCUT2D eigenvalue weighted by atomic mass is 16.6. The fraction of sp³-hybridized carbons (Fsp3) is 0.0500. The van der Waals surface area contributed by atoms with Crippen molar-refractivity contribution in [3.8, 4) is 5.75 Å². The second kappa shape index (κ2) is 9.09. The zero-order valence-corrected chi connectivity index (χ0v) is 15.1. The lowest BCUT2D eigenvalue weighted by atomic mass is 10.2. The number of nitrogens with one attached hydrogen (secondary N) is 1. The molecule has 0 amide bonds. The molecule has 9 nitrogen and oxygen atoms in total. The molecule has 0 radical (unpaired) electrons. The predicted molar refractivity (Wildman–Crippen MR) is 108 cm³/mol. The second-order valence-corrected chi connectivity index (χ2v) is 5.93. The number of benzene rings is 3. The van der Waals surface area contributed by atoms with Crippen LogP contribution < -0.4 is 10.2 Å². The van der Waals surface area contributed by atoms with Gasteiger partial charge in [0.15, 0.2) is 0 Å². The molecule has 0 fully saturated rings. The SMILES string of the molecule is O=[N+]([O-])c1ccc(NN=Cc2ccc(OCc3ccccc3)cc2)c([N+](=O)[O-])c1. The van der Waals surface area contributed by atoms with Crippen molar-refractivity contribution in [1.82, 2.24) is 0 Å². The molecule has 0 atom stereocenters. The number of nitro groups is 2. The first-order valence-electron chi connectivity index (χ1n) is 8.51. The number of rotatable bonds is 8. The minimum atomic E-state index is -0.705. The summed E-state index contributed by atoms with van der Waals surface area (Å²) in [5, 5.41) is 25.8. The molecule has 3 rings (SSSR count). The van der Waals surface area contributed by atoms with E-state index in [1.807, 2.05) is 30.3 Å². The van der Waals surface area contributed by atoms with E-state index < -0.39 is 15.5 Å². The molecule has 0 heterocycles.